The van der Waals surface area contributed by atoms with E-state index in [0.717, 1.165) is 27.0 Å². The first kappa shape index (κ1) is 20.8. The Bertz CT molecular complexity index is 1430. The van der Waals surface area contributed by atoms with Crippen LogP contribution in [0.4, 0.5) is 9.52 Å². The molecule has 0 radical (unpaired) electrons. The topological polar surface area (TPSA) is 92.6 Å². The van der Waals surface area contributed by atoms with Crippen molar-refractivity contribution in [2.75, 3.05) is 12.0 Å². The van der Waals surface area contributed by atoms with Gasteiger partial charge in [-0.3, -0.25) is 14.5 Å². The maximum Gasteiger partial charge on any atom is 0.301 e. The third-order valence-corrected chi connectivity index (χ3v) is 6.21. The highest BCUT2D eigenvalue weighted by atomic mass is 32.1. The van der Waals surface area contributed by atoms with Crippen LogP contribution in [0.5, 0.6) is 5.75 Å². The van der Waals surface area contributed by atoms with Gasteiger partial charge >= 0.3 is 5.91 Å². The zero-order valence-electron chi connectivity index (χ0n) is 17.2. The summed E-state index contributed by atoms with van der Waals surface area (Å²) in [5, 5.41) is 20.6. The number of aliphatic hydroxyl groups excluding tert-OH is 1. The minimum absolute atomic E-state index is 0.0685. The molecule has 4 aromatic rings. The fraction of sp³-hybridized carbons (Fsp3) is 0.0833. The van der Waals surface area contributed by atoms with E-state index < -0.39 is 29.3 Å². The van der Waals surface area contributed by atoms with Crippen molar-refractivity contribution >= 4 is 44.7 Å². The van der Waals surface area contributed by atoms with E-state index in [9.17, 15) is 19.1 Å². The summed E-state index contributed by atoms with van der Waals surface area (Å²) in [7, 11) is 1.57. The van der Waals surface area contributed by atoms with Crippen molar-refractivity contribution in [1.82, 2.24) is 10.2 Å². The van der Waals surface area contributed by atoms with Gasteiger partial charge in [0.1, 0.15) is 28.9 Å². The van der Waals surface area contributed by atoms with E-state index in [-0.39, 0.29) is 16.3 Å². The van der Waals surface area contributed by atoms with E-state index in [0.29, 0.717) is 11.3 Å². The summed E-state index contributed by atoms with van der Waals surface area (Å²) in [6, 6.07) is 15.2. The number of amides is 1. The number of halogens is 1. The van der Waals surface area contributed by atoms with Gasteiger partial charge in [0.05, 0.1) is 12.7 Å². The van der Waals surface area contributed by atoms with Gasteiger partial charge in [-0.25, -0.2) is 4.39 Å². The largest absolute Gasteiger partial charge is 0.507 e. The lowest BCUT2D eigenvalue weighted by atomic mass is 9.94. The Morgan fingerprint density at radius 3 is 2.58 bits per heavy atom. The minimum Gasteiger partial charge on any atom is -0.507 e. The maximum absolute atomic E-state index is 14.8. The first-order valence-electron chi connectivity index (χ1n) is 9.89. The predicted molar refractivity (Wildman–Crippen MR) is 122 cm³/mol. The molecule has 1 aromatic heterocycles. The third-order valence-electron chi connectivity index (χ3n) is 5.52. The molecule has 0 bridgehead atoms. The summed E-state index contributed by atoms with van der Waals surface area (Å²) >= 11 is 1.04. The highest BCUT2D eigenvalue weighted by molar-refractivity contribution is 7.13. The minimum atomic E-state index is -1.19. The summed E-state index contributed by atoms with van der Waals surface area (Å²) in [6.45, 7) is 0. The Balaban J connectivity index is 1.71. The number of hydrogen-bond donors (Lipinski definition) is 1. The fourth-order valence-electron chi connectivity index (χ4n) is 3.95. The third kappa shape index (κ3) is 3.42. The highest BCUT2D eigenvalue weighted by Crippen LogP contribution is 2.43. The molecule has 5 rings (SSSR count). The Hall–Kier alpha value is -4.11. The average Bonchev–Trinajstić information content (AvgIpc) is 3.45. The number of carbonyl (C=O) groups is 2. The zero-order valence-corrected chi connectivity index (χ0v) is 18.0. The number of fused-ring (bicyclic) bond motifs is 1. The van der Waals surface area contributed by atoms with Crippen molar-refractivity contribution < 1.29 is 23.8 Å². The number of benzene rings is 3. The molecule has 0 spiro atoms. The quantitative estimate of drug-likeness (QED) is 0.274. The zero-order chi connectivity index (χ0) is 23.1. The number of carbonyl (C=O) groups excluding carboxylic acids is 2. The lowest BCUT2D eigenvalue weighted by Crippen LogP contribution is -2.29. The van der Waals surface area contributed by atoms with Gasteiger partial charge in [0, 0.05) is 11.1 Å². The molecule has 7 nitrogen and oxygen atoms in total. The van der Waals surface area contributed by atoms with Gasteiger partial charge in [-0.05, 0) is 35.0 Å². The van der Waals surface area contributed by atoms with Crippen LogP contribution < -0.4 is 9.64 Å². The lowest BCUT2D eigenvalue weighted by molar-refractivity contribution is -0.132. The fourth-order valence-corrected chi connectivity index (χ4v) is 4.53. The van der Waals surface area contributed by atoms with Crippen LogP contribution in [0.25, 0.3) is 16.5 Å². The van der Waals surface area contributed by atoms with Crippen LogP contribution in [0, 0.1) is 5.82 Å². The summed E-state index contributed by atoms with van der Waals surface area (Å²) in [5.41, 5.74) is 1.58. The number of ether oxygens (including phenoxy) is 1. The van der Waals surface area contributed by atoms with Crippen LogP contribution in [0.3, 0.4) is 0 Å². The van der Waals surface area contributed by atoms with Crippen molar-refractivity contribution in [3.05, 3.63) is 88.7 Å². The normalized spacial score (nSPS) is 17.6. The molecule has 3 aromatic carbocycles. The Morgan fingerprint density at radius 2 is 1.85 bits per heavy atom. The number of hydrogen-bond acceptors (Lipinski definition) is 7. The number of aromatic nitrogens is 2. The molecule has 1 atom stereocenters. The van der Waals surface area contributed by atoms with Crippen LogP contribution in [-0.4, -0.2) is 34.1 Å². The maximum atomic E-state index is 14.8. The summed E-state index contributed by atoms with van der Waals surface area (Å²) in [4.78, 5) is 27.1. The van der Waals surface area contributed by atoms with E-state index >= 15 is 0 Å². The molecular formula is C24H16FN3O4S. The average molecular weight is 461 g/mol. The molecule has 2 heterocycles. The molecule has 1 saturated heterocycles. The van der Waals surface area contributed by atoms with E-state index in [2.05, 4.69) is 10.2 Å². The standard InChI is InChI=1S/C24H16FN3O4S/c1-32-16-9-8-13-10-15(7-6-14(13)11-16)21(29)19-20(17-4-2-3-5-18(17)25)28(23(31)22(19)30)24-27-26-12-33-24/h2-12,20,29H,1H3/b21-19+. The molecule has 164 valence electrons. The molecule has 33 heavy (non-hydrogen) atoms. The summed E-state index contributed by atoms with van der Waals surface area (Å²) in [6.07, 6.45) is 0. The van der Waals surface area contributed by atoms with E-state index in [1.807, 2.05) is 12.1 Å². The number of methoxy groups -OCH3 is 1. The van der Waals surface area contributed by atoms with Crippen LogP contribution in [-0.2, 0) is 9.59 Å². The lowest BCUT2D eigenvalue weighted by Gasteiger charge is -2.22. The van der Waals surface area contributed by atoms with Gasteiger partial charge in [0.25, 0.3) is 5.78 Å². The molecule has 1 fully saturated rings. The molecule has 1 N–H and O–H groups in total. The molecule has 1 aliphatic heterocycles. The Kier molecular flexibility index (Phi) is 5.10. The second-order valence-corrected chi connectivity index (χ2v) is 8.15. The van der Waals surface area contributed by atoms with Crippen LogP contribution >= 0.6 is 11.3 Å². The Morgan fingerprint density at radius 1 is 1.09 bits per heavy atom. The van der Waals surface area contributed by atoms with E-state index in [1.54, 1.807) is 37.4 Å². The van der Waals surface area contributed by atoms with Crippen LogP contribution in [0.2, 0.25) is 0 Å². The van der Waals surface area contributed by atoms with Crippen molar-refractivity contribution in [1.29, 1.82) is 0 Å². The second-order valence-electron chi connectivity index (χ2n) is 7.34. The first-order valence-corrected chi connectivity index (χ1v) is 10.8. The van der Waals surface area contributed by atoms with E-state index in [4.69, 9.17) is 4.74 Å². The van der Waals surface area contributed by atoms with Gasteiger partial charge in [-0.1, -0.05) is 47.7 Å². The van der Waals surface area contributed by atoms with Gasteiger partial charge < -0.3 is 9.84 Å². The van der Waals surface area contributed by atoms with Crippen LogP contribution in [0.15, 0.2) is 71.7 Å². The molecule has 1 unspecified atom stereocenters. The summed E-state index contributed by atoms with van der Waals surface area (Å²) in [5.74, 6) is -2.17. The van der Waals surface area contributed by atoms with Gasteiger partial charge in [-0.15, -0.1) is 10.2 Å². The number of anilines is 1. The molecule has 1 aliphatic rings. The number of Topliss-reactive ketones (excluding diaryl/α,β-unsaturated/α-hetero) is 1. The van der Waals surface area contributed by atoms with Crippen LogP contribution in [0.1, 0.15) is 17.2 Å². The molecular weight excluding hydrogens is 445 g/mol. The van der Waals surface area contributed by atoms with E-state index in [1.165, 1.54) is 23.7 Å². The number of ketones is 1. The predicted octanol–water partition coefficient (Wildman–Crippen LogP) is 4.47. The van der Waals surface area contributed by atoms with Crippen molar-refractivity contribution in [2.45, 2.75) is 6.04 Å². The molecule has 0 saturated carbocycles. The van der Waals surface area contributed by atoms with Crippen molar-refractivity contribution in [3.63, 3.8) is 0 Å². The van der Waals surface area contributed by atoms with Crippen molar-refractivity contribution in [2.24, 2.45) is 0 Å². The SMILES string of the molecule is COc1ccc2cc(/C(O)=C3\C(=O)C(=O)N(c4nncs4)C3c3ccccc3F)ccc2c1. The number of rotatable bonds is 4. The molecule has 0 aliphatic carbocycles. The smallest absolute Gasteiger partial charge is 0.301 e. The molecule has 9 heteroatoms. The van der Waals surface area contributed by atoms with Crippen molar-refractivity contribution in [3.8, 4) is 5.75 Å². The first-order chi connectivity index (χ1) is 16.0. The van der Waals surface area contributed by atoms with Gasteiger partial charge in [0.15, 0.2) is 0 Å². The number of aliphatic hydroxyl groups is 1. The monoisotopic (exact) mass is 461 g/mol. The number of nitrogens with zero attached hydrogens (tertiary/aromatic N) is 3. The second kappa shape index (κ2) is 8.10. The molecule has 1 amide bonds. The van der Waals surface area contributed by atoms with Gasteiger partial charge in [0.2, 0.25) is 5.13 Å². The van der Waals surface area contributed by atoms with Gasteiger partial charge in [-0.2, -0.15) is 0 Å². The summed E-state index contributed by atoms with van der Waals surface area (Å²) < 4.78 is 20.1. The Labute approximate surface area is 191 Å². The highest BCUT2D eigenvalue weighted by Gasteiger charge is 2.49.